The fourth-order valence-corrected chi connectivity index (χ4v) is 1.90. The maximum absolute atomic E-state index is 9.74. The molecule has 0 saturated carbocycles. The van der Waals surface area contributed by atoms with Gasteiger partial charge in [0.1, 0.15) is 0 Å². The van der Waals surface area contributed by atoms with E-state index in [1.807, 2.05) is 16.9 Å². The Labute approximate surface area is 110 Å². The second-order valence-corrected chi connectivity index (χ2v) is 5.46. The molecule has 0 aromatic carbocycles. The number of hydrogen-bond donors (Lipinski definition) is 2. The Morgan fingerprint density at radius 3 is 2.72 bits per heavy atom. The van der Waals surface area contributed by atoms with Gasteiger partial charge in [-0.2, -0.15) is 5.10 Å². The second kappa shape index (κ2) is 7.54. The first-order valence-electron chi connectivity index (χ1n) is 6.95. The molecule has 0 aliphatic carbocycles. The van der Waals surface area contributed by atoms with Crippen molar-refractivity contribution in [3.63, 3.8) is 0 Å². The van der Waals surface area contributed by atoms with Crippen LogP contribution in [0.15, 0.2) is 12.3 Å². The molecule has 0 fully saturated rings. The largest absolute Gasteiger partial charge is 0.392 e. The van der Waals surface area contributed by atoms with Crippen molar-refractivity contribution in [3.8, 4) is 0 Å². The normalized spacial score (nSPS) is 15.0. The molecule has 0 spiro atoms. The van der Waals surface area contributed by atoms with Gasteiger partial charge in [0.2, 0.25) is 0 Å². The molecule has 0 bridgehead atoms. The highest BCUT2D eigenvalue weighted by Gasteiger charge is 2.07. The molecule has 1 heterocycles. The van der Waals surface area contributed by atoms with Crippen molar-refractivity contribution in [1.29, 1.82) is 0 Å². The fourth-order valence-electron chi connectivity index (χ4n) is 1.90. The Hall–Kier alpha value is -0.870. The summed E-state index contributed by atoms with van der Waals surface area (Å²) in [5.74, 6) is 0.534. The van der Waals surface area contributed by atoms with Gasteiger partial charge in [0, 0.05) is 25.3 Å². The van der Waals surface area contributed by atoms with Crippen LogP contribution in [-0.2, 0) is 6.54 Å². The van der Waals surface area contributed by atoms with Crippen LogP contribution >= 0.6 is 0 Å². The summed E-state index contributed by atoms with van der Waals surface area (Å²) < 4.78 is 2.00. The lowest BCUT2D eigenvalue weighted by Gasteiger charge is -2.13. The van der Waals surface area contributed by atoms with Crippen molar-refractivity contribution in [3.05, 3.63) is 18.0 Å². The van der Waals surface area contributed by atoms with E-state index < -0.39 is 0 Å². The minimum Gasteiger partial charge on any atom is -0.392 e. The van der Waals surface area contributed by atoms with Gasteiger partial charge >= 0.3 is 0 Å². The van der Waals surface area contributed by atoms with Gasteiger partial charge in [-0.3, -0.25) is 4.68 Å². The second-order valence-electron chi connectivity index (χ2n) is 5.46. The molecule has 2 unspecified atom stereocenters. The van der Waals surface area contributed by atoms with Crippen LogP contribution in [0.1, 0.15) is 52.3 Å². The average Bonchev–Trinajstić information content (AvgIpc) is 2.75. The quantitative estimate of drug-likeness (QED) is 0.747. The fraction of sp³-hybridized carbons (Fsp3) is 0.786. The van der Waals surface area contributed by atoms with Crippen LogP contribution < -0.4 is 5.32 Å². The molecule has 0 amide bonds. The third-order valence-electron chi connectivity index (χ3n) is 3.14. The maximum Gasteiger partial charge on any atom is 0.0762 e. The van der Waals surface area contributed by atoms with Crippen molar-refractivity contribution < 1.29 is 5.11 Å². The zero-order valence-electron chi connectivity index (χ0n) is 12.1. The first kappa shape index (κ1) is 15.2. The van der Waals surface area contributed by atoms with Crippen molar-refractivity contribution >= 4 is 0 Å². The van der Waals surface area contributed by atoms with Crippen LogP contribution in [0, 0.1) is 5.92 Å². The van der Waals surface area contributed by atoms with E-state index in [1.165, 1.54) is 0 Å². The summed E-state index contributed by atoms with van der Waals surface area (Å²) in [6, 6.07) is 2.49. The molecule has 0 aliphatic heterocycles. The smallest absolute Gasteiger partial charge is 0.0762 e. The third kappa shape index (κ3) is 5.19. The summed E-state index contributed by atoms with van der Waals surface area (Å²) in [7, 11) is 0. The van der Waals surface area contributed by atoms with E-state index in [0.717, 1.165) is 25.1 Å². The Morgan fingerprint density at radius 1 is 1.39 bits per heavy atom. The number of aliphatic hydroxyl groups is 1. The first-order valence-corrected chi connectivity index (χ1v) is 6.95. The van der Waals surface area contributed by atoms with Gasteiger partial charge in [0.05, 0.1) is 11.8 Å². The van der Waals surface area contributed by atoms with E-state index in [9.17, 15) is 5.11 Å². The van der Waals surface area contributed by atoms with Crippen molar-refractivity contribution in [1.82, 2.24) is 15.1 Å². The standard InChI is InChI=1S/C14H27N3O/c1-5-12(4)17-7-6-13(16-17)9-15-10-14(18)8-11(2)3/h6-7,11-12,14-15,18H,5,8-10H2,1-4H3. The molecular weight excluding hydrogens is 226 g/mol. The molecule has 104 valence electrons. The van der Waals surface area contributed by atoms with Gasteiger partial charge in [-0.15, -0.1) is 0 Å². The summed E-state index contributed by atoms with van der Waals surface area (Å²) in [6.07, 6.45) is 3.69. The topological polar surface area (TPSA) is 50.1 Å². The molecule has 0 aliphatic rings. The first-order chi connectivity index (χ1) is 8.52. The number of rotatable bonds is 8. The van der Waals surface area contributed by atoms with Crippen LogP contribution in [0.25, 0.3) is 0 Å². The minimum absolute atomic E-state index is 0.262. The monoisotopic (exact) mass is 253 g/mol. The zero-order valence-corrected chi connectivity index (χ0v) is 12.1. The summed E-state index contributed by atoms with van der Waals surface area (Å²) in [6.45, 7) is 9.92. The highest BCUT2D eigenvalue weighted by atomic mass is 16.3. The number of nitrogens with one attached hydrogen (secondary N) is 1. The predicted octanol–water partition coefficient (Wildman–Crippen LogP) is 2.35. The van der Waals surface area contributed by atoms with Crippen LogP contribution in [0.4, 0.5) is 0 Å². The molecule has 0 saturated heterocycles. The van der Waals surface area contributed by atoms with Crippen LogP contribution in [-0.4, -0.2) is 27.5 Å². The summed E-state index contributed by atoms with van der Waals surface area (Å²) in [5.41, 5.74) is 1.03. The van der Waals surface area contributed by atoms with Gasteiger partial charge in [0.15, 0.2) is 0 Å². The van der Waals surface area contributed by atoms with Gasteiger partial charge in [0.25, 0.3) is 0 Å². The van der Waals surface area contributed by atoms with Gasteiger partial charge in [-0.25, -0.2) is 0 Å². The summed E-state index contributed by atoms with van der Waals surface area (Å²) in [4.78, 5) is 0. The molecule has 4 nitrogen and oxygen atoms in total. The lowest BCUT2D eigenvalue weighted by atomic mass is 10.1. The Kier molecular flexibility index (Phi) is 6.36. The maximum atomic E-state index is 9.74. The summed E-state index contributed by atoms with van der Waals surface area (Å²) >= 11 is 0. The molecule has 2 atom stereocenters. The van der Waals surface area contributed by atoms with Crippen LogP contribution in [0.3, 0.4) is 0 Å². The molecule has 1 rings (SSSR count). The van der Waals surface area contributed by atoms with E-state index in [4.69, 9.17) is 0 Å². The van der Waals surface area contributed by atoms with Crippen LogP contribution in [0.2, 0.25) is 0 Å². The van der Waals surface area contributed by atoms with Crippen molar-refractivity contribution in [2.75, 3.05) is 6.54 Å². The van der Waals surface area contributed by atoms with Crippen LogP contribution in [0.5, 0.6) is 0 Å². The number of aliphatic hydroxyl groups excluding tert-OH is 1. The van der Waals surface area contributed by atoms with E-state index in [2.05, 4.69) is 38.1 Å². The number of hydrogen-bond acceptors (Lipinski definition) is 3. The SMILES string of the molecule is CCC(C)n1ccc(CNCC(O)CC(C)C)n1. The molecule has 4 heteroatoms. The number of aromatic nitrogens is 2. The Balaban J connectivity index is 2.29. The third-order valence-corrected chi connectivity index (χ3v) is 3.14. The van der Waals surface area contributed by atoms with Gasteiger partial charge in [-0.05, 0) is 31.7 Å². The Morgan fingerprint density at radius 2 is 2.11 bits per heavy atom. The van der Waals surface area contributed by atoms with E-state index in [-0.39, 0.29) is 6.10 Å². The highest BCUT2D eigenvalue weighted by Crippen LogP contribution is 2.09. The van der Waals surface area contributed by atoms with E-state index in [0.29, 0.717) is 18.5 Å². The van der Waals surface area contributed by atoms with Gasteiger partial charge < -0.3 is 10.4 Å². The van der Waals surface area contributed by atoms with E-state index >= 15 is 0 Å². The van der Waals surface area contributed by atoms with Crippen molar-refractivity contribution in [2.45, 2.75) is 59.2 Å². The summed E-state index contributed by atoms with van der Waals surface area (Å²) in [5, 5.41) is 17.5. The molecule has 1 aromatic rings. The lowest BCUT2D eigenvalue weighted by Crippen LogP contribution is -2.27. The predicted molar refractivity (Wildman–Crippen MR) is 74.4 cm³/mol. The zero-order chi connectivity index (χ0) is 13.5. The Bertz CT molecular complexity index is 336. The average molecular weight is 253 g/mol. The van der Waals surface area contributed by atoms with E-state index in [1.54, 1.807) is 0 Å². The molecule has 2 N–H and O–H groups in total. The lowest BCUT2D eigenvalue weighted by molar-refractivity contribution is 0.146. The molecule has 0 radical (unpaired) electrons. The van der Waals surface area contributed by atoms with Gasteiger partial charge in [-0.1, -0.05) is 20.8 Å². The minimum atomic E-state index is -0.262. The molecular formula is C14H27N3O. The molecule has 1 aromatic heterocycles. The number of nitrogens with zero attached hydrogens (tertiary/aromatic N) is 2. The van der Waals surface area contributed by atoms with Crippen molar-refractivity contribution in [2.24, 2.45) is 5.92 Å². The highest BCUT2D eigenvalue weighted by molar-refractivity contribution is 4.99. The molecule has 18 heavy (non-hydrogen) atoms.